The van der Waals surface area contributed by atoms with Gasteiger partial charge in [0.15, 0.2) is 0 Å². The molecule has 7 nitrogen and oxygen atoms in total. The maximum Gasteiger partial charge on any atom is 0.244 e. The van der Waals surface area contributed by atoms with E-state index in [9.17, 15) is 22.4 Å². The quantitative estimate of drug-likeness (QED) is 0.455. The van der Waals surface area contributed by atoms with E-state index in [4.69, 9.17) is 0 Å². The van der Waals surface area contributed by atoms with Crippen molar-refractivity contribution in [2.24, 2.45) is 5.92 Å². The van der Waals surface area contributed by atoms with Gasteiger partial charge < -0.3 is 10.2 Å². The normalized spacial score (nSPS) is 12.3. The molecule has 0 aliphatic carbocycles. The standard InChI is InChI=1S/C24H31BrFN3O4S/c1-5-22(24(31)27-14-17(2)3)28(15-18-9-11-20(26)12-10-18)23(30)16-29(34(4,32)33)21-8-6-7-19(25)13-21/h6-13,17,22H,5,14-16H2,1-4H3,(H,27,31)/t22-/m0/s1. The summed E-state index contributed by atoms with van der Waals surface area (Å²) in [5.41, 5.74) is 0.947. The third kappa shape index (κ3) is 8.09. The van der Waals surface area contributed by atoms with Crippen molar-refractivity contribution in [3.8, 4) is 0 Å². The van der Waals surface area contributed by atoms with E-state index >= 15 is 0 Å². The van der Waals surface area contributed by atoms with Gasteiger partial charge in [0.25, 0.3) is 0 Å². The summed E-state index contributed by atoms with van der Waals surface area (Å²) in [6, 6.07) is 11.4. The Hall–Kier alpha value is -2.46. The second kappa shape index (κ2) is 12.3. The van der Waals surface area contributed by atoms with Gasteiger partial charge in [-0.3, -0.25) is 13.9 Å². The number of halogens is 2. The molecule has 0 aliphatic heterocycles. The molecule has 0 saturated carbocycles. The zero-order chi connectivity index (χ0) is 25.5. The molecule has 0 spiro atoms. The highest BCUT2D eigenvalue weighted by Crippen LogP contribution is 2.23. The van der Waals surface area contributed by atoms with Crippen LogP contribution in [0.15, 0.2) is 53.0 Å². The predicted octanol–water partition coefficient (Wildman–Crippen LogP) is 3.93. The van der Waals surface area contributed by atoms with Gasteiger partial charge in [-0.2, -0.15) is 0 Å². The molecule has 0 saturated heterocycles. The lowest BCUT2D eigenvalue weighted by molar-refractivity contribution is -0.140. The Bertz CT molecular complexity index is 1090. The number of hydrogen-bond acceptors (Lipinski definition) is 4. The molecular weight excluding hydrogens is 525 g/mol. The van der Waals surface area contributed by atoms with Crippen LogP contribution in [0.2, 0.25) is 0 Å². The molecule has 1 N–H and O–H groups in total. The smallest absolute Gasteiger partial charge is 0.244 e. The minimum absolute atomic E-state index is 0.0306. The van der Waals surface area contributed by atoms with Gasteiger partial charge in [0, 0.05) is 17.6 Å². The van der Waals surface area contributed by atoms with E-state index in [1.807, 2.05) is 13.8 Å². The molecule has 0 radical (unpaired) electrons. The number of sulfonamides is 1. The van der Waals surface area contributed by atoms with Crippen LogP contribution in [0.1, 0.15) is 32.8 Å². The Labute approximate surface area is 209 Å². The molecule has 2 aromatic rings. The van der Waals surface area contributed by atoms with E-state index in [-0.39, 0.29) is 18.4 Å². The highest BCUT2D eigenvalue weighted by Gasteiger charge is 2.31. The minimum atomic E-state index is -3.80. The zero-order valence-electron chi connectivity index (χ0n) is 19.8. The average Bonchev–Trinajstić information content (AvgIpc) is 2.76. The van der Waals surface area contributed by atoms with Crippen molar-refractivity contribution in [2.45, 2.75) is 39.8 Å². The van der Waals surface area contributed by atoms with Crippen LogP contribution in [0.25, 0.3) is 0 Å². The summed E-state index contributed by atoms with van der Waals surface area (Å²) >= 11 is 3.32. The maximum atomic E-state index is 13.5. The summed E-state index contributed by atoms with van der Waals surface area (Å²) in [5.74, 6) is -1.05. The van der Waals surface area contributed by atoms with Gasteiger partial charge in [0.2, 0.25) is 21.8 Å². The first-order valence-electron chi connectivity index (χ1n) is 11.0. The summed E-state index contributed by atoms with van der Waals surface area (Å²) in [7, 11) is -3.80. The van der Waals surface area contributed by atoms with E-state index in [0.29, 0.717) is 28.7 Å². The number of benzene rings is 2. The first kappa shape index (κ1) is 27.8. The lowest BCUT2D eigenvalue weighted by Crippen LogP contribution is -2.52. The van der Waals surface area contributed by atoms with Gasteiger partial charge in [-0.05, 0) is 48.2 Å². The molecular formula is C24H31BrFN3O4S. The fourth-order valence-corrected chi connectivity index (χ4v) is 4.60. The second-order valence-electron chi connectivity index (χ2n) is 8.46. The van der Waals surface area contributed by atoms with Gasteiger partial charge in [-0.25, -0.2) is 12.8 Å². The summed E-state index contributed by atoms with van der Waals surface area (Å²) in [6.45, 7) is 5.71. The fourth-order valence-electron chi connectivity index (χ4n) is 3.37. The van der Waals surface area contributed by atoms with E-state index < -0.39 is 34.3 Å². The van der Waals surface area contributed by atoms with Crippen LogP contribution in [-0.2, 0) is 26.2 Å². The van der Waals surface area contributed by atoms with Gasteiger partial charge >= 0.3 is 0 Å². The number of carbonyl (C=O) groups excluding carboxylic acids is 2. The van der Waals surface area contributed by atoms with Crippen molar-refractivity contribution >= 4 is 43.5 Å². The largest absolute Gasteiger partial charge is 0.354 e. The molecule has 2 amide bonds. The van der Waals surface area contributed by atoms with Crippen molar-refractivity contribution < 1.29 is 22.4 Å². The van der Waals surface area contributed by atoms with Crippen molar-refractivity contribution in [3.05, 3.63) is 64.4 Å². The predicted molar refractivity (Wildman–Crippen MR) is 135 cm³/mol. The molecule has 0 aliphatic rings. The Morgan fingerprint density at radius 3 is 2.29 bits per heavy atom. The Morgan fingerprint density at radius 1 is 1.12 bits per heavy atom. The number of amides is 2. The molecule has 2 aromatic carbocycles. The summed E-state index contributed by atoms with van der Waals surface area (Å²) in [5, 5.41) is 2.86. The van der Waals surface area contributed by atoms with Crippen LogP contribution in [0, 0.1) is 11.7 Å². The molecule has 2 rings (SSSR count). The minimum Gasteiger partial charge on any atom is -0.354 e. The van der Waals surface area contributed by atoms with Gasteiger partial charge in [-0.15, -0.1) is 0 Å². The average molecular weight is 556 g/mol. The fraction of sp³-hybridized carbons (Fsp3) is 0.417. The highest BCUT2D eigenvalue weighted by molar-refractivity contribution is 9.10. The van der Waals surface area contributed by atoms with E-state index in [1.165, 1.54) is 29.2 Å². The molecule has 0 heterocycles. The Balaban J connectivity index is 2.41. The molecule has 0 bridgehead atoms. The monoisotopic (exact) mass is 555 g/mol. The third-order valence-corrected chi connectivity index (χ3v) is 6.75. The number of rotatable bonds is 11. The van der Waals surface area contributed by atoms with Gasteiger partial charge in [0.1, 0.15) is 18.4 Å². The van der Waals surface area contributed by atoms with Crippen LogP contribution >= 0.6 is 15.9 Å². The zero-order valence-corrected chi connectivity index (χ0v) is 22.2. The van der Waals surface area contributed by atoms with Crippen LogP contribution in [0.4, 0.5) is 10.1 Å². The topological polar surface area (TPSA) is 86.8 Å². The number of nitrogens with one attached hydrogen (secondary N) is 1. The lowest BCUT2D eigenvalue weighted by Gasteiger charge is -2.33. The maximum absolute atomic E-state index is 13.5. The van der Waals surface area contributed by atoms with E-state index in [2.05, 4.69) is 21.2 Å². The Morgan fingerprint density at radius 2 is 1.76 bits per heavy atom. The van der Waals surface area contributed by atoms with E-state index in [0.717, 1.165) is 10.6 Å². The van der Waals surface area contributed by atoms with Crippen LogP contribution in [0.5, 0.6) is 0 Å². The van der Waals surface area contributed by atoms with Crippen LogP contribution < -0.4 is 9.62 Å². The molecule has 1 atom stereocenters. The van der Waals surface area contributed by atoms with Crippen molar-refractivity contribution in [1.29, 1.82) is 0 Å². The molecule has 10 heteroatoms. The van der Waals surface area contributed by atoms with Crippen molar-refractivity contribution in [3.63, 3.8) is 0 Å². The van der Waals surface area contributed by atoms with Crippen molar-refractivity contribution in [2.75, 3.05) is 23.7 Å². The van der Waals surface area contributed by atoms with Gasteiger partial charge in [-0.1, -0.05) is 54.9 Å². The summed E-state index contributed by atoms with van der Waals surface area (Å²) < 4.78 is 40.2. The SMILES string of the molecule is CC[C@@H](C(=O)NCC(C)C)N(Cc1ccc(F)cc1)C(=O)CN(c1cccc(Br)c1)S(C)(=O)=O. The number of nitrogens with zero attached hydrogens (tertiary/aromatic N) is 2. The van der Waals surface area contributed by atoms with Crippen molar-refractivity contribution in [1.82, 2.24) is 10.2 Å². The van der Waals surface area contributed by atoms with Crippen LogP contribution in [-0.4, -0.2) is 50.5 Å². The number of carbonyl (C=O) groups is 2. The molecule has 0 fully saturated rings. The summed E-state index contributed by atoms with van der Waals surface area (Å²) in [4.78, 5) is 27.9. The molecule has 0 aromatic heterocycles. The number of anilines is 1. The molecule has 0 unspecified atom stereocenters. The number of hydrogen-bond donors (Lipinski definition) is 1. The Kier molecular flexibility index (Phi) is 10.1. The third-order valence-electron chi connectivity index (χ3n) is 5.11. The molecule has 186 valence electrons. The van der Waals surface area contributed by atoms with Gasteiger partial charge in [0.05, 0.1) is 11.9 Å². The van der Waals surface area contributed by atoms with Crippen LogP contribution in [0.3, 0.4) is 0 Å². The highest BCUT2D eigenvalue weighted by atomic mass is 79.9. The first-order chi connectivity index (χ1) is 15.9. The molecule has 34 heavy (non-hydrogen) atoms. The first-order valence-corrected chi connectivity index (χ1v) is 13.6. The van der Waals surface area contributed by atoms with E-state index in [1.54, 1.807) is 31.2 Å². The second-order valence-corrected chi connectivity index (χ2v) is 11.3. The lowest BCUT2D eigenvalue weighted by atomic mass is 10.1. The summed E-state index contributed by atoms with van der Waals surface area (Å²) in [6.07, 6.45) is 1.35.